The normalized spacial score (nSPS) is 25.7. The third-order valence-electron chi connectivity index (χ3n) is 1.69. The lowest BCUT2D eigenvalue weighted by atomic mass is 10.1. The quantitative estimate of drug-likeness (QED) is 0.611. The first-order valence-electron chi connectivity index (χ1n) is 3.61. The highest BCUT2D eigenvalue weighted by atomic mass is 16.5. The van der Waals surface area contributed by atoms with Gasteiger partial charge < -0.3 is 4.74 Å². The maximum atomic E-state index is 8.29. The summed E-state index contributed by atoms with van der Waals surface area (Å²) in [6, 6.07) is 2.64. The van der Waals surface area contributed by atoms with E-state index in [1.165, 1.54) is 0 Å². The molecular formula is C7H12N2O. The molecule has 0 radical (unpaired) electrons. The zero-order valence-corrected chi connectivity index (χ0v) is 5.97. The fourth-order valence-electron chi connectivity index (χ4n) is 1.06. The number of nitrogens with zero attached hydrogens (tertiary/aromatic N) is 1. The molecule has 0 spiro atoms. The van der Waals surface area contributed by atoms with Gasteiger partial charge in [-0.15, -0.1) is 0 Å². The summed E-state index contributed by atoms with van der Waals surface area (Å²) in [6.07, 6.45) is 2.65. The highest BCUT2D eigenvalue weighted by molar-refractivity contribution is 4.76. The van der Waals surface area contributed by atoms with E-state index in [4.69, 9.17) is 10.00 Å². The van der Waals surface area contributed by atoms with Crippen LogP contribution in [0.4, 0.5) is 0 Å². The Morgan fingerprint density at radius 1 is 1.70 bits per heavy atom. The van der Waals surface area contributed by atoms with Crippen molar-refractivity contribution in [3.63, 3.8) is 0 Å². The van der Waals surface area contributed by atoms with E-state index < -0.39 is 0 Å². The molecule has 1 heterocycles. The van der Waals surface area contributed by atoms with Crippen LogP contribution < -0.4 is 5.32 Å². The lowest BCUT2D eigenvalue weighted by Crippen LogP contribution is -2.37. The van der Waals surface area contributed by atoms with Gasteiger partial charge in [0.25, 0.3) is 0 Å². The Kier molecular flexibility index (Phi) is 3.20. The summed E-state index contributed by atoms with van der Waals surface area (Å²) in [5, 5.41) is 11.5. The smallest absolute Gasteiger partial charge is 0.0967 e. The van der Waals surface area contributed by atoms with Crippen LogP contribution in [0, 0.1) is 11.3 Å². The molecule has 3 heteroatoms. The van der Waals surface area contributed by atoms with Gasteiger partial charge in [-0.2, -0.15) is 5.26 Å². The Hall–Kier alpha value is -0.590. The number of rotatable bonds is 2. The lowest BCUT2D eigenvalue weighted by molar-refractivity contribution is 0.0598. The van der Waals surface area contributed by atoms with Gasteiger partial charge in [0.15, 0.2) is 0 Å². The Labute approximate surface area is 61.0 Å². The first-order chi connectivity index (χ1) is 4.93. The third kappa shape index (κ3) is 2.34. The third-order valence-corrected chi connectivity index (χ3v) is 1.69. The van der Waals surface area contributed by atoms with Gasteiger partial charge in [0.2, 0.25) is 0 Å². The van der Waals surface area contributed by atoms with Crippen molar-refractivity contribution in [1.82, 2.24) is 5.32 Å². The van der Waals surface area contributed by atoms with Crippen molar-refractivity contribution in [2.24, 2.45) is 0 Å². The monoisotopic (exact) mass is 140 g/mol. The van der Waals surface area contributed by atoms with Crippen molar-refractivity contribution in [3.8, 4) is 6.07 Å². The second-order valence-electron chi connectivity index (χ2n) is 2.44. The largest absolute Gasteiger partial charge is 0.366 e. The molecule has 0 amide bonds. The molecule has 1 rings (SSSR count). The fraction of sp³-hybridized carbons (Fsp3) is 0.857. The second-order valence-corrected chi connectivity index (χ2v) is 2.44. The number of hydrogen-bond acceptors (Lipinski definition) is 3. The summed E-state index contributed by atoms with van der Waals surface area (Å²) in [4.78, 5) is 0. The van der Waals surface area contributed by atoms with Crippen molar-refractivity contribution in [3.05, 3.63) is 0 Å². The molecule has 56 valence electrons. The van der Waals surface area contributed by atoms with Gasteiger partial charge in [0.05, 0.1) is 12.8 Å². The Balaban J connectivity index is 2.09. The molecule has 0 saturated carbocycles. The summed E-state index contributed by atoms with van der Waals surface area (Å²) in [6.45, 7) is 1.49. The van der Waals surface area contributed by atoms with E-state index in [9.17, 15) is 0 Å². The highest BCUT2D eigenvalue weighted by Crippen LogP contribution is 2.04. The van der Waals surface area contributed by atoms with E-state index >= 15 is 0 Å². The molecule has 0 aromatic rings. The van der Waals surface area contributed by atoms with Gasteiger partial charge in [-0.1, -0.05) is 0 Å². The summed E-state index contributed by atoms with van der Waals surface area (Å²) in [5.41, 5.74) is 0. The van der Waals surface area contributed by atoms with Crippen LogP contribution in [-0.2, 0) is 4.74 Å². The number of hydrogen-bond donors (Lipinski definition) is 1. The van der Waals surface area contributed by atoms with Gasteiger partial charge in [-0.25, -0.2) is 0 Å². The molecule has 0 aromatic carbocycles. The molecule has 1 N–H and O–H groups in total. The van der Waals surface area contributed by atoms with Crippen molar-refractivity contribution in [1.29, 1.82) is 5.26 Å². The van der Waals surface area contributed by atoms with E-state index in [1.807, 2.05) is 0 Å². The average Bonchev–Trinajstić information content (AvgIpc) is 2.03. The van der Waals surface area contributed by atoms with Crippen molar-refractivity contribution in [2.45, 2.75) is 25.3 Å². The molecule has 1 atom stereocenters. The van der Waals surface area contributed by atoms with E-state index in [0.29, 0.717) is 19.2 Å². The van der Waals surface area contributed by atoms with Gasteiger partial charge in [-0.3, -0.25) is 5.32 Å². The van der Waals surface area contributed by atoms with Crippen LogP contribution in [0.3, 0.4) is 0 Å². The summed E-state index contributed by atoms with van der Waals surface area (Å²) >= 11 is 0. The molecule has 1 aliphatic heterocycles. The topological polar surface area (TPSA) is 45.0 Å². The van der Waals surface area contributed by atoms with Gasteiger partial charge >= 0.3 is 0 Å². The zero-order chi connectivity index (χ0) is 7.23. The van der Waals surface area contributed by atoms with Crippen LogP contribution >= 0.6 is 0 Å². The zero-order valence-electron chi connectivity index (χ0n) is 5.97. The number of nitriles is 1. The molecule has 1 saturated heterocycles. The van der Waals surface area contributed by atoms with Crippen LogP contribution in [0.5, 0.6) is 0 Å². The summed E-state index contributed by atoms with van der Waals surface area (Å²) in [5.74, 6) is 0. The fourth-order valence-corrected chi connectivity index (χ4v) is 1.06. The molecule has 0 bridgehead atoms. The van der Waals surface area contributed by atoms with Crippen molar-refractivity contribution < 1.29 is 4.74 Å². The predicted molar refractivity (Wildman–Crippen MR) is 37.2 cm³/mol. The summed E-state index contributed by atoms with van der Waals surface area (Å²) < 4.78 is 5.09. The number of nitrogens with one attached hydrogen (secondary N) is 1. The maximum absolute atomic E-state index is 8.29. The molecule has 1 aliphatic rings. The summed E-state index contributed by atoms with van der Waals surface area (Å²) in [7, 11) is 0. The van der Waals surface area contributed by atoms with Crippen LogP contribution in [0.2, 0.25) is 0 Å². The van der Waals surface area contributed by atoms with Crippen LogP contribution in [0.1, 0.15) is 19.3 Å². The van der Waals surface area contributed by atoms with E-state index in [0.717, 1.165) is 19.4 Å². The van der Waals surface area contributed by atoms with E-state index in [2.05, 4.69) is 11.4 Å². The molecule has 1 fully saturated rings. The molecule has 0 aliphatic carbocycles. The average molecular weight is 140 g/mol. The van der Waals surface area contributed by atoms with Gasteiger partial charge in [-0.05, 0) is 12.8 Å². The molecule has 10 heavy (non-hydrogen) atoms. The standard InChI is InChI=1S/C7H12N2O/c8-4-1-2-7-3-5-10-6-9-7/h7,9H,1-3,5-6H2. The highest BCUT2D eigenvalue weighted by Gasteiger charge is 2.10. The molecule has 1 unspecified atom stereocenters. The second kappa shape index (κ2) is 4.26. The minimum Gasteiger partial charge on any atom is -0.366 e. The van der Waals surface area contributed by atoms with Crippen LogP contribution in [0.15, 0.2) is 0 Å². The molecule has 0 aromatic heterocycles. The first kappa shape index (κ1) is 7.52. The Bertz CT molecular complexity index is 124. The lowest BCUT2D eigenvalue weighted by Gasteiger charge is -2.22. The molecule has 3 nitrogen and oxygen atoms in total. The molecular weight excluding hydrogens is 128 g/mol. The van der Waals surface area contributed by atoms with Gasteiger partial charge in [0, 0.05) is 19.1 Å². The van der Waals surface area contributed by atoms with Crippen molar-refractivity contribution >= 4 is 0 Å². The van der Waals surface area contributed by atoms with E-state index in [1.54, 1.807) is 0 Å². The van der Waals surface area contributed by atoms with Gasteiger partial charge in [0.1, 0.15) is 0 Å². The van der Waals surface area contributed by atoms with E-state index in [-0.39, 0.29) is 0 Å². The minimum atomic E-state index is 0.508. The predicted octanol–water partition coefficient (Wildman–Crippen LogP) is 0.626. The van der Waals surface area contributed by atoms with Crippen molar-refractivity contribution in [2.75, 3.05) is 13.3 Å². The van der Waals surface area contributed by atoms with Crippen LogP contribution in [-0.4, -0.2) is 19.4 Å². The first-order valence-corrected chi connectivity index (χ1v) is 3.61. The SMILES string of the molecule is N#CCCC1CCOCN1. The minimum absolute atomic E-state index is 0.508. The number of ether oxygens (including phenoxy) is 1. The maximum Gasteiger partial charge on any atom is 0.0967 e. The Morgan fingerprint density at radius 3 is 3.20 bits per heavy atom. The Morgan fingerprint density at radius 2 is 2.60 bits per heavy atom. The van der Waals surface area contributed by atoms with Crippen LogP contribution in [0.25, 0.3) is 0 Å².